The molecule has 3 saturated carbocycles. The van der Waals surface area contributed by atoms with Gasteiger partial charge in [0.1, 0.15) is 0 Å². The van der Waals surface area contributed by atoms with E-state index in [1.165, 1.54) is 77.5 Å². The molecule has 0 aromatic heterocycles. The molecule has 0 aromatic rings. The molecule has 0 atom stereocenters. The lowest BCUT2D eigenvalue weighted by atomic mass is 9.92. The summed E-state index contributed by atoms with van der Waals surface area (Å²) < 4.78 is 0. The summed E-state index contributed by atoms with van der Waals surface area (Å²) in [4.78, 5) is 2.81. The lowest BCUT2D eigenvalue weighted by molar-refractivity contribution is 0.107. The van der Waals surface area contributed by atoms with Gasteiger partial charge in [0.15, 0.2) is 0 Å². The van der Waals surface area contributed by atoms with E-state index < -0.39 is 0 Å². The summed E-state index contributed by atoms with van der Waals surface area (Å²) in [6.07, 6.45) is 11.9. The largest absolute Gasteiger partial charge is 0.309 e. The first-order valence-electron chi connectivity index (χ1n) is 7.78. The molecule has 1 heterocycles. The van der Waals surface area contributed by atoms with E-state index in [0.29, 0.717) is 5.54 Å². The predicted octanol–water partition coefficient (Wildman–Crippen LogP) is 2.39. The lowest BCUT2D eigenvalue weighted by Gasteiger charge is -2.43. The van der Waals surface area contributed by atoms with Crippen LogP contribution < -0.4 is 5.32 Å². The van der Waals surface area contributed by atoms with Gasteiger partial charge < -0.3 is 5.32 Å². The van der Waals surface area contributed by atoms with Gasteiger partial charge in [-0.05, 0) is 49.9 Å². The third kappa shape index (κ3) is 1.94. The Labute approximate surface area is 105 Å². The van der Waals surface area contributed by atoms with Crippen LogP contribution in [0.2, 0.25) is 0 Å². The van der Waals surface area contributed by atoms with Crippen LogP contribution in [0, 0.1) is 11.3 Å². The third-order valence-corrected chi connectivity index (χ3v) is 5.89. The van der Waals surface area contributed by atoms with Gasteiger partial charge in [0, 0.05) is 31.7 Å². The Bertz CT molecular complexity index is 296. The molecule has 0 amide bonds. The van der Waals surface area contributed by atoms with E-state index >= 15 is 0 Å². The van der Waals surface area contributed by atoms with Gasteiger partial charge in [-0.2, -0.15) is 0 Å². The first-order valence-corrected chi connectivity index (χ1v) is 7.78. The van der Waals surface area contributed by atoms with Crippen LogP contribution in [0.4, 0.5) is 0 Å². The standard InChI is InChI=1S/C15H26N2/c1-2-6-15(5-1)12-17(10-9-16-15)11-14(7-8-14)13-3-4-13/h13,16H,1-12H2. The second-order valence-electron chi connectivity index (χ2n) is 7.26. The van der Waals surface area contributed by atoms with Crippen molar-refractivity contribution in [2.45, 2.75) is 56.9 Å². The summed E-state index contributed by atoms with van der Waals surface area (Å²) >= 11 is 0. The lowest BCUT2D eigenvalue weighted by Crippen LogP contribution is -2.59. The van der Waals surface area contributed by atoms with Crippen LogP contribution in [0.5, 0.6) is 0 Å². The third-order valence-electron chi connectivity index (χ3n) is 5.89. The SMILES string of the molecule is C1CCC2(C1)CN(CC1(C3CC3)CC1)CCN2. The van der Waals surface area contributed by atoms with Crippen molar-refractivity contribution in [2.75, 3.05) is 26.2 Å². The van der Waals surface area contributed by atoms with E-state index in [0.717, 1.165) is 11.3 Å². The Morgan fingerprint density at radius 1 is 1.06 bits per heavy atom. The Morgan fingerprint density at radius 2 is 1.82 bits per heavy atom. The van der Waals surface area contributed by atoms with E-state index in [1.807, 2.05) is 0 Å². The molecule has 0 aromatic carbocycles. The summed E-state index contributed by atoms with van der Waals surface area (Å²) in [5, 5.41) is 3.83. The second-order valence-corrected chi connectivity index (χ2v) is 7.26. The molecular formula is C15H26N2. The molecule has 0 bridgehead atoms. The van der Waals surface area contributed by atoms with Crippen molar-refractivity contribution >= 4 is 0 Å². The van der Waals surface area contributed by atoms with Crippen molar-refractivity contribution in [2.24, 2.45) is 11.3 Å². The summed E-state index contributed by atoms with van der Waals surface area (Å²) in [6.45, 7) is 5.32. The molecule has 4 rings (SSSR count). The Hall–Kier alpha value is -0.0800. The van der Waals surface area contributed by atoms with Crippen molar-refractivity contribution in [1.29, 1.82) is 0 Å². The van der Waals surface area contributed by atoms with E-state index in [4.69, 9.17) is 0 Å². The molecule has 96 valence electrons. The van der Waals surface area contributed by atoms with E-state index in [1.54, 1.807) is 0 Å². The van der Waals surface area contributed by atoms with Crippen LogP contribution in [-0.4, -0.2) is 36.6 Å². The molecule has 0 unspecified atom stereocenters. The molecule has 4 aliphatic rings. The topological polar surface area (TPSA) is 15.3 Å². The number of rotatable bonds is 3. The predicted molar refractivity (Wildman–Crippen MR) is 70.0 cm³/mol. The van der Waals surface area contributed by atoms with E-state index in [-0.39, 0.29) is 0 Å². The molecule has 1 aliphatic heterocycles. The Kier molecular flexibility index (Phi) is 2.36. The van der Waals surface area contributed by atoms with E-state index in [2.05, 4.69) is 10.2 Å². The molecular weight excluding hydrogens is 208 g/mol. The molecule has 1 N–H and O–H groups in total. The van der Waals surface area contributed by atoms with Gasteiger partial charge in [-0.1, -0.05) is 12.8 Å². The molecule has 1 saturated heterocycles. The van der Waals surface area contributed by atoms with Crippen LogP contribution in [-0.2, 0) is 0 Å². The number of hydrogen-bond donors (Lipinski definition) is 1. The summed E-state index contributed by atoms with van der Waals surface area (Å²) in [6, 6.07) is 0. The summed E-state index contributed by atoms with van der Waals surface area (Å²) in [5.41, 5.74) is 1.33. The number of hydrogen-bond acceptors (Lipinski definition) is 2. The molecule has 0 radical (unpaired) electrons. The molecule has 4 fully saturated rings. The zero-order chi connectivity index (χ0) is 11.3. The monoisotopic (exact) mass is 234 g/mol. The van der Waals surface area contributed by atoms with Gasteiger partial charge in [-0.15, -0.1) is 0 Å². The molecule has 1 spiro atoms. The van der Waals surface area contributed by atoms with Crippen molar-refractivity contribution in [3.63, 3.8) is 0 Å². The average Bonchev–Trinajstić information content (AvgIpc) is 3.20. The van der Waals surface area contributed by atoms with Crippen molar-refractivity contribution < 1.29 is 0 Å². The fourth-order valence-corrected chi connectivity index (χ4v) is 4.56. The zero-order valence-electron chi connectivity index (χ0n) is 11.0. The number of piperazine rings is 1. The highest BCUT2D eigenvalue weighted by Gasteiger charge is 2.54. The minimum absolute atomic E-state index is 0.526. The Morgan fingerprint density at radius 3 is 2.47 bits per heavy atom. The second kappa shape index (κ2) is 3.71. The van der Waals surface area contributed by atoms with E-state index in [9.17, 15) is 0 Å². The van der Waals surface area contributed by atoms with Crippen LogP contribution in [0.3, 0.4) is 0 Å². The quantitative estimate of drug-likeness (QED) is 0.806. The normalized spacial score (nSPS) is 35.3. The van der Waals surface area contributed by atoms with Crippen molar-refractivity contribution in [3.8, 4) is 0 Å². The highest BCUT2D eigenvalue weighted by Crippen LogP contribution is 2.61. The fourth-order valence-electron chi connectivity index (χ4n) is 4.56. The van der Waals surface area contributed by atoms with Crippen molar-refractivity contribution in [1.82, 2.24) is 10.2 Å². The fraction of sp³-hybridized carbons (Fsp3) is 1.00. The average molecular weight is 234 g/mol. The maximum Gasteiger partial charge on any atom is 0.0309 e. The first-order chi connectivity index (χ1) is 8.30. The molecule has 2 nitrogen and oxygen atoms in total. The van der Waals surface area contributed by atoms with Gasteiger partial charge in [-0.3, -0.25) is 4.90 Å². The minimum atomic E-state index is 0.526. The van der Waals surface area contributed by atoms with Crippen LogP contribution in [0.15, 0.2) is 0 Å². The molecule has 3 aliphatic carbocycles. The van der Waals surface area contributed by atoms with Crippen LogP contribution >= 0.6 is 0 Å². The van der Waals surface area contributed by atoms with Gasteiger partial charge in [0.25, 0.3) is 0 Å². The van der Waals surface area contributed by atoms with Gasteiger partial charge in [-0.25, -0.2) is 0 Å². The highest BCUT2D eigenvalue weighted by molar-refractivity contribution is 5.07. The van der Waals surface area contributed by atoms with Crippen LogP contribution in [0.1, 0.15) is 51.4 Å². The molecule has 17 heavy (non-hydrogen) atoms. The van der Waals surface area contributed by atoms with Crippen LogP contribution in [0.25, 0.3) is 0 Å². The maximum atomic E-state index is 3.83. The number of nitrogens with one attached hydrogen (secondary N) is 1. The summed E-state index contributed by atoms with van der Waals surface area (Å²) in [7, 11) is 0. The van der Waals surface area contributed by atoms with Gasteiger partial charge in [0.05, 0.1) is 0 Å². The zero-order valence-corrected chi connectivity index (χ0v) is 11.0. The van der Waals surface area contributed by atoms with Crippen molar-refractivity contribution in [3.05, 3.63) is 0 Å². The Balaban J connectivity index is 1.41. The molecule has 2 heteroatoms. The minimum Gasteiger partial charge on any atom is -0.309 e. The first kappa shape index (κ1) is 10.8. The maximum absolute atomic E-state index is 3.83. The van der Waals surface area contributed by atoms with Gasteiger partial charge in [0.2, 0.25) is 0 Å². The van der Waals surface area contributed by atoms with Gasteiger partial charge >= 0.3 is 0 Å². The smallest absolute Gasteiger partial charge is 0.0309 e. The highest BCUT2D eigenvalue weighted by atomic mass is 15.2. The summed E-state index contributed by atoms with van der Waals surface area (Å²) in [5.74, 6) is 1.12. The number of nitrogens with zero attached hydrogens (tertiary/aromatic N) is 1.